The lowest BCUT2D eigenvalue weighted by molar-refractivity contribution is -0.127. The van der Waals surface area contributed by atoms with E-state index in [9.17, 15) is 14.4 Å². The Morgan fingerprint density at radius 2 is 1.51 bits per heavy atom. The minimum absolute atomic E-state index is 0.0490. The molecule has 0 saturated carbocycles. The number of anilines is 1. The van der Waals surface area contributed by atoms with E-state index in [2.05, 4.69) is 0 Å². The van der Waals surface area contributed by atoms with E-state index in [0.29, 0.717) is 26.7 Å². The Morgan fingerprint density at radius 3 is 2.14 bits per heavy atom. The highest BCUT2D eigenvalue weighted by Gasteiger charge is 2.71. The van der Waals surface area contributed by atoms with Gasteiger partial charge in [0.15, 0.2) is 17.3 Å². The molecule has 1 fully saturated rings. The third-order valence-corrected chi connectivity index (χ3v) is 8.45. The molecule has 0 bridgehead atoms. The summed E-state index contributed by atoms with van der Waals surface area (Å²) in [5.41, 5.74) is 0.865. The van der Waals surface area contributed by atoms with Crippen LogP contribution in [-0.4, -0.2) is 29.4 Å². The molecular formula is C31H25Cl2NO3. The van der Waals surface area contributed by atoms with E-state index in [4.69, 9.17) is 23.2 Å². The lowest BCUT2D eigenvalue weighted by atomic mass is 9.63. The van der Waals surface area contributed by atoms with Crippen LogP contribution < -0.4 is 4.90 Å². The minimum atomic E-state index is -1.52. The summed E-state index contributed by atoms with van der Waals surface area (Å²) in [6.07, 6.45) is 3.81. The van der Waals surface area contributed by atoms with E-state index in [1.807, 2.05) is 62.1 Å². The van der Waals surface area contributed by atoms with E-state index in [0.717, 1.165) is 11.3 Å². The largest absolute Gasteiger partial charge is 0.352 e. The van der Waals surface area contributed by atoms with Crippen molar-refractivity contribution in [3.8, 4) is 0 Å². The molecule has 3 atom stereocenters. The van der Waals surface area contributed by atoms with Gasteiger partial charge in [-0.25, -0.2) is 0 Å². The first-order valence-corrected chi connectivity index (χ1v) is 13.1. The molecule has 2 aliphatic heterocycles. The number of carbonyl (C=O) groups excluding carboxylic acids is 3. The zero-order valence-corrected chi connectivity index (χ0v) is 22.2. The maximum atomic E-state index is 14.5. The van der Waals surface area contributed by atoms with Crippen molar-refractivity contribution in [2.75, 3.05) is 4.90 Å². The van der Waals surface area contributed by atoms with Gasteiger partial charge in [0.25, 0.3) is 0 Å². The topological polar surface area (TPSA) is 54.5 Å². The van der Waals surface area contributed by atoms with Gasteiger partial charge in [0.1, 0.15) is 5.41 Å². The summed E-state index contributed by atoms with van der Waals surface area (Å²) in [6, 6.07) is 18.2. The molecule has 1 saturated heterocycles. The highest BCUT2D eigenvalue weighted by Crippen LogP contribution is 2.61. The van der Waals surface area contributed by atoms with Crippen molar-refractivity contribution >= 4 is 52.3 Å². The third kappa shape index (κ3) is 3.25. The Bertz CT molecular complexity index is 1500. The third-order valence-electron chi connectivity index (χ3n) is 7.98. The summed E-state index contributed by atoms with van der Waals surface area (Å²) in [7, 11) is 0. The first kappa shape index (κ1) is 24.1. The molecule has 2 heterocycles. The second-order valence-corrected chi connectivity index (χ2v) is 12.0. The first-order valence-electron chi connectivity index (χ1n) is 12.3. The van der Waals surface area contributed by atoms with Crippen molar-refractivity contribution in [3.63, 3.8) is 0 Å². The number of rotatable bonds is 2. The quantitative estimate of drug-likeness (QED) is 0.334. The van der Waals surface area contributed by atoms with Gasteiger partial charge in [0.2, 0.25) is 0 Å². The Morgan fingerprint density at radius 1 is 0.865 bits per heavy atom. The van der Waals surface area contributed by atoms with Gasteiger partial charge in [-0.3, -0.25) is 14.4 Å². The van der Waals surface area contributed by atoms with Crippen LogP contribution in [0, 0.1) is 10.8 Å². The molecule has 1 spiro atoms. The normalized spacial score (nSPS) is 23.3. The van der Waals surface area contributed by atoms with E-state index >= 15 is 0 Å². The molecule has 0 aromatic heterocycles. The number of ketones is 3. The molecular weight excluding hydrogens is 505 g/mol. The number of fused-ring (bicyclic) bond motifs is 5. The first-order chi connectivity index (χ1) is 17.6. The van der Waals surface area contributed by atoms with Crippen LogP contribution in [0.3, 0.4) is 0 Å². The van der Waals surface area contributed by atoms with E-state index in [-0.39, 0.29) is 17.3 Å². The molecule has 186 valence electrons. The van der Waals surface area contributed by atoms with Gasteiger partial charge in [0.05, 0.1) is 12.1 Å². The van der Waals surface area contributed by atoms with Crippen molar-refractivity contribution in [2.24, 2.45) is 10.8 Å². The standard InChI is InChI=1S/C31H25Cl2NO3/c1-30(2,3)29(37)26-25(18-7-6-8-19(32)16-18)31(27(35)21-9-4-5-10-22(21)28(31)36)24-14-11-17-15-20(33)12-13-23(17)34(24)26/h4-16,24-26H,1-3H3/t24-,25+,26-/m1/s1. The summed E-state index contributed by atoms with van der Waals surface area (Å²) in [4.78, 5) is 45.3. The van der Waals surface area contributed by atoms with Crippen LogP contribution in [0.5, 0.6) is 0 Å². The maximum absolute atomic E-state index is 14.5. The fourth-order valence-corrected chi connectivity index (χ4v) is 6.84. The average molecular weight is 530 g/mol. The van der Waals surface area contributed by atoms with Gasteiger partial charge in [-0.1, -0.05) is 92.5 Å². The maximum Gasteiger partial charge on any atom is 0.180 e. The predicted octanol–water partition coefficient (Wildman–Crippen LogP) is 7.04. The van der Waals surface area contributed by atoms with Gasteiger partial charge in [-0.15, -0.1) is 0 Å². The van der Waals surface area contributed by atoms with Crippen LogP contribution in [0.1, 0.15) is 58.5 Å². The number of carbonyl (C=O) groups is 3. The number of hydrogen-bond donors (Lipinski definition) is 0. The number of nitrogens with zero attached hydrogens (tertiary/aromatic N) is 1. The van der Waals surface area contributed by atoms with Gasteiger partial charge in [-0.05, 0) is 41.5 Å². The molecule has 0 radical (unpaired) electrons. The number of hydrogen-bond acceptors (Lipinski definition) is 4. The fraction of sp³-hybridized carbons (Fsp3) is 0.258. The van der Waals surface area contributed by atoms with Crippen LogP contribution in [0.4, 0.5) is 5.69 Å². The molecule has 3 aliphatic rings. The number of Topliss-reactive ketones (excluding diaryl/α,β-unsaturated/α-hetero) is 3. The molecule has 37 heavy (non-hydrogen) atoms. The van der Waals surface area contributed by atoms with Crippen molar-refractivity contribution in [1.29, 1.82) is 0 Å². The lowest BCUT2D eigenvalue weighted by Crippen LogP contribution is -2.49. The van der Waals surface area contributed by atoms with Crippen LogP contribution >= 0.6 is 23.2 Å². The molecule has 0 amide bonds. The highest BCUT2D eigenvalue weighted by molar-refractivity contribution is 6.33. The predicted molar refractivity (Wildman–Crippen MR) is 147 cm³/mol. The monoisotopic (exact) mass is 529 g/mol. The summed E-state index contributed by atoms with van der Waals surface area (Å²) < 4.78 is 0. The molecule has 0 unspecified atom stereocenters. The second-order valence-electron chi connectivity index (χ2n) is 11.1. The van der Waals surface area contributed by atoms with Gasteiger partial charge >= 0.3 is 0 Å². The highest BCUT2D eigenvalue weighted by atomic mass is 35.5. The van der Waals surface area contributed by atoms with E-state index < -0.39 is 28.8 Å². The van der Waals surface area contributed by atoms with E-state index in [1.54, 1.807) is 42.5 Å². The molecule has 3 aromatic rings. The van der Waals surface area contributed by atoms with Crippen molar-refractivity contribution in [1.82, 2.24) is 0 Å². The molecule has 6 heteroatoms. The van der Waals surface area contributed by atoms with Crippen molar-refractivity contribution < 1.29 is 14.4 Å². The van der Waals surface area contributed by atoms with Crippen LogP contribution in [-0.2, 0) is 4.79 Å². The van der Waals surface area contributed by atoms with Crippen LogP contribution in [0.25, 0.3) is 6.08 Å². The molecule has 4 nitrogen and oxygen atoms in total. The summed E-state index contributed by atoms with van der Waals surface area (Å²) in [5.74, 6) is -1.30. The second kappa shape index (κ2) is 8.14. The smallest absolute Gasteiger partial charge is 0.180 e. The SMILES string of the molecule is CC(C)(C)C(=O)[C@H]1[C@H](c2cccc(Cl)c2)C2(C(=O)c3ccccc3C2=O)[C@H]2C=Cc3cc(Cl)ccc3N12. The van der Waals surface area contributed by atoms with Crippen LogP contribution in [0.2, 0.25) is 10.0 Å². The zero-order chi connectivity index (χ0) is 26.3. The van der Waals surface area contributed by atoms with Gasteiger partial charge in [-0.2, -0.15) is 0 Å². The summed E-state index contributed by atoms with van der Waals surface area (Å²) in [5, 5.41) is 1.05. The van der Waals surface area contributed by atoms with E-state index in [1.165, 1.54) is 0 Å². The lowest BCUT2D eigenvalue weighted by Gasteiger charge is -2.38. The summed E-state index contributed by atoms with van der Waals surface area (Å²) >= 11 is 12.8. The molecule has 0 N–H and O–H groups in total. The Balaban J connectivity index is 1.71. The van der Waals surface area contributed by atoms with Gasteiger partial charge in [0, 0.05) is 38.2 Å². The Labute approximate surface area is 225 Å². The molecule has 1 aliphatic carbocycles. The fourth-order valence-electron chi connectivity index (χ4n) is 6.46. The van der Waals surface area contributed by atoms with Crippen LogP contribution in [0.15, 0.2) is 72.8 Å². The number of halogens is 2. The van der Waals surface area contributed by atoms with Crippen molar-refractivity contribution in [3.05, 3.63) is 105 Å². The average Bonchev–Trinajstić information content (AvgIpc) is 3.29. The Kier molecular flexibility index (Phi) is 5.31. The molecule has 3 aromatic carbocycles. The summed E-state index contributed by atoms with van der Waals surface area (Å²) in [6.45, 7) is 5.62. The molecule has 6 rings (SSSR count). The van der Waals surface area contributed by atoms with Crippen molar-refractivity contribution in [2.45, 2.75) is 38.8 Å². The minimum Gasteiger partial charge on any atom is -0.352 e. The zero-order valence-electron chi connectivity index (χ0n) is 20.7. The van der Waals surface area contributed by atoms with Gasteiger partial charge < -0.3 is 4.90 Å². The Hall–Kier alpha value is -3.21. The number of benzene rings is 3.